The predicted molar refractivity (Wildman–Crippen MR) is 227 cm³/mol. The fourth-order valence-electron chi connectivity index (χ4n) is 7.56. The zero-order valence-electron chi connectivity index (χ0n) is 31.4. The number of aromatic amines is 2. The molecule has 2 N–H and O–H groups in total. The smallest absolute Gasteiger partial charge is 0.119 e. The minimum absolute atomic E-state index is 0.744. The molecular formula is C48H38N4O4. The van der Waals surface area contributed by atoms with Crippen molar-refractivity contribution in [1.82, 2.24) is 15.0 Å². The Hall–Kier alpha value is -7.32. The largest absolute Gasteiger partial charge is 0.497 e. The molecule has 5 heterocycles. The first-order chi connectivity index (χ1) is 27.5. The Labute approximate surface area is 324 Å². The lowest BCUT2D eigenvalue weighted by Crippen LogP contribution is -1.90. The summed E-state index contributed by atoms with van der Waals surface area (Å²) in [6.07, 6.45) is 6.08. The lowest BCUT2D eigenvalue weighted by Gasteiger charge is -2.09. The van der Waals surface area contributed by atoms with Gasteiger partial charge in [0.2, 0.25) is 0 Å². The van der Waals surface area contributed by atoms with E-state index in [9.17, 15) is 0 Å². The second-order valence-electron chi connectivity index (χ2n) is 13.5. The molecule has 0 saturated carbocycles. The predicted octanol–water partition coefficient (Wildman–Crippen LogP) is 11.5. The maximum absolute atomic E-state index is 5.70. The monoisotopic (exact) mass is 734 g/mol. The van der Waals surface area contributed by atoms with E-state index in [4.69, 9.17) is 28.9 Å². The van der Waals surface area contributed by atoms with Crippen molar-refractivity contribution in [3.05, 3.63) is 144 Å². The Morgan fingerprint density at radius 3 is 1.29 bits per heavy atom. The van der Waals surface area contributed by atoms with Gasteiger partial charge < -0.3 is 28.9 Å². The standard InChI is InChI=1S/C48H38N4O4/c1-53-34-13-5-9-29(23-34)45-33-27-44(49-28-33)48(32-12-8-16-37(26-32)56-4)43-22-21-42(52-43)47(31-11-7-15-36(25-31)55-3)41-20-19-40(51-41)46(39-18-17-38(45)50-39)30-10-6-14-35(24-30)54-2/h5-28,50-51H,1-4H3. The van der Waals surface area contributed by atoms with Crippen LogP contribution in [-0.2, 0) is 0 Å². The molecular weight excluding hydrogens is 697 g/mol. The van der Waals surface area contributed by atoms with Gasteiger partial charge in [0.25, 0.3) is 0 Å². The summed E-state index contributed by atoms with van der Waals surface area (Å²) in [4.78, 5) is 18.1. The SMILES string of the molecule is COc1cccc(-c2c3cc(c(-c4cccc(OC)c4)c4ccc([nH]4)c(-c4cccc(OC)c4)c4ccc([nH]4)c(-c4cccc(OC)c4)c4nc2C=C4)C=N3)c1. The minimum atomic E-state index is 0.744. The average Bonchev–Trinajstić information content (AvgIpc) is 4.09. The number of rotatable bonds is 8. The summed E-state index contributed by atoms with van der Waals surface area (Å²) < 4.78 is 22.8. The van der Waals surface area contributed by atoms with Crippen LogP contribution >= 0.6 is 0 Å². The van der Waals surface area contributed by atoms with Gasteiger partial charge in [0.05, 0.1) is 45.5 Å². The first kappa shape index (κ1) is 34.4. The molecule has 8 bridgehead atoms. The number of hydrogen-bond donors (Lipinski definition) is 2. The van der Waals surface area contributed by atoms with Crippen molar-refractivity contribution in [2.45, 2.75) is 0 Å². The maximum Gasteiger partial charge on any atom is 0.119 e. The second-order valence-corrected chi connectivity index (χ2v) is 13.5. The van der Waals surface area contributed by atoms with Crippen LogP contribution in [0.25, 0.3) is 78.7 Å². The Bertz CT molecular complexity index is 2740. The number of methoxy groups -OCH3 is 4. The molecule has 0 spiro atoms. The summed E-state index contributed by atoms with van der Waals surface area (Å²) in [7, 11) is 6.73. The van der Waals surface area contributed by atoms with Crippen LogP contribution in [0, 0.1) is 0 Å². The molecule has 9 rings (SSSR count). The summed E-state index contributed by atoms with van der Waals surface area (Å²) in [6, 6.07) is 43.0. The van der Waals surface area contributed by atoms with Gasteiger partial charge in [0.1, 0.15) is 23.0 Å². The van der Waals surface area contributed by atoms with Crippen molar-refractivity contribution in [3.8, 4) is 67.5 Å². The number of benzene rings is 4. The minimum Gasteiger partial charge on any atom is -0.497 e. The highest BCUT2D eigenvalue weighted by atomic mass is 16.5. The molecule has 7 aromatic rings. The molecule has 0 radical (unpaired) electrons. The molecule has 0 fully saturated rings. The third-order valence-corrected chi connectivity index (χ3v) is 10.2. The number of hydrogen-bond acceptors (Lipinski definition) is 6. The third-order valence-electron chi connectivity index (χ3n) is 10.2. The van der Waals surface area contributed by atoms with Crippen LogP contribution in [-0.4, -0.2) is 49.6 Å². The number of nitrogens with one attached hydrogen (secondary N) is 2. The molecule has 2 aliphatic rings. The Morgan fingerprint density at radius 2 is 0.804 bits per heavy atom. The maximum atomic E-state index is 5.70. The van der Waals surface area contributed by atoms with Gasteiger partial charge in [-0.2, -0.15) is 0 Å². The number of ether oxygens (including phenoxy) is 4. The zero-order chi connectivity index (χ0) is 38.2. The Kier molecular flexibility index (Phi) is 8.91. The van der Waals surface area contributed by atoms with E-state index in [1.807, 2.05) is 66.9 Å². The lowest BCUT2D eigenvalue weighted by atomic mass is 9.99. The van der Waals surface area contributed by atoms with Crippen LogP contribution in [0.1, 0.15) is 17.0 Å². The number of aliphatic imine (C=N–C) groups is 1. The van der Waals surface area contributed by atoms with Crippen molar-refractivity contribution >= 4 is 46.1 Å². The summed E-state index contributed by atoms with van der Waals surface area (Å²) in [6.45, 7) is 0. The highest BCUT2D eigenvalue weighted by molar-refractivity contribution is 6.05. The van der Waals surface area contributed by atoms with Crippen molar-refractivity contribution in [1.29, 1.82) is 0 Å². The second kappa shape index (κ2) is 14.5. The molecule has 0 amide bonds. The van der Waals surface area contributed by atoms with Crippen LogP contribution < -0.4 is 18.9 Å². The van der Waals surface area contributed by atoms with Gasteiger partial charge >= 0.3 is 0 Å². The number of H-pyrrole nitrogens is 2. The van der Waals surface area contributed by atoms with Gasteiger partial charge in [-0.25, -0.2) is 4.98 Å². The molecule has 274 valence electrons. The van der Waals surface area contributed by atoms with Gasteiger partial charge in [-0.05, 0) is 113 Å². The normalized spacial score (nSPS) is 11.8. The van der Waals surface area contributed by atoms with Gasteiger partial charge in [-0.1, -0.05) is 48.5 Å². The summed E-state index contributed by atoms with van der Waals surface area (Å²) >= 11 is 0. The van der Waals surface area contributed by atoms with Crippen molar-refractivity contribution in [2.24, 2.45) is 4.99 Å². The number of aromatic nitrogens is 3. The molecule has 0 saturated heterocycles. The quantitative estimate of drug-likeness (QED) is 0.162. The fourth-order valence-corrected chi connectivity index (χ4v) is 7.56. The summed E-state index contributed by atoms with van der Waals surface area (Å²) in [5.74, 6) is 3.02. The molecule has 4 aromatic carbocycles. The van der Waals surface area contributed by atoms with Gasteiger partial charge in [0, 0.05) is 56.1 Å². The number of nitrogens with zero attached hydrogens (tertiary/aromatic N) is 2. The van der Waals surface area contributed by atoms with Crippen molar-refractivity contribution < 1.29 is 18.9 Å². The zero-order valence-corrected chi connectivity index (χ0v) is 31.4. The van der Waals surface area contributed by atoms with Crippen LogP contribution in [0.5, 0.6) is 23.0 Å². The van der Waals surface area contributed by atoms with Gasteiger partial charge in [0.15, 0.2) is 0 Å². The fraction of sp³-hybridized carbons (Fsp3) is 0.0833. The van der Waals surface area contributed by atoms with E-state index in [2.05, 4.69) is 88.9 Å². The number of fused-ring (bicyclic) bond motifs is 8. The van der Waals surface area contributed by atoms with E-state index in [-0.39, 0.29) is 0 Å². The highest BCUT2D eigenvalue weighted by Gasteiger charge is 2.20. The van der Waals surface area contributed by atoms with Gasteiger partial charge in [-0.15, -0.1) is 0 Å². The first-order valence-corrected chi connectivity index (χ1v) is 18.3. The summed E-state index contributed by atoms with van der Waals surface area (Å²) in [5, 5.41) is 0. The van der Waals surface area contributed by atoms with Crippen LogP contribution in [0.15, 0.2) is 132 Å². The van der Waals surface area contributed by atoms with Crippen LogP contribution in [0.3, 0.4) is 0 Å². The van der Waals surface area contributed by atoms with E-state index in [1.54, 1.807) is 28.4 Å². The molecule has 0 unspecified atom stereocenters. The first-order valence-electron chi connectivity index (χ1n) is 18.3. The molecule has 2 aliphatic heterocycles. The van der Waals surface area contributed by atoms with E-state index in [0.717, 1.165) is 112 Å². The topological polar surface area (TPSA) is 93.8 Å². The lowest BCUT2D eigenvalue weighted by molar-refractivity contribution is 0.415. The Morgan fingerprint density at radius 1 is 0.411 bits per heavy atom. The van der Waals surface area contributed by atoms with Crippen molar-refractivity contribution in [3.63, 3.8) is 0 Å². The van der Waals surface area contributed by atoms with Crippen LogP contribution in [0.2, 0.25) is 0 Å². The van der Waals surface area contributed by atoms with E-state index >= 15 is 0 Å². The molecule has 0 atom stereocenters. The third kappa shape index (κ3) is 6.27. The van der Waals surface area contributed by atoms with E-state index in [0.29, 0.717) is 0 Å². The van der Waals surface area contributed by atoms with Crippen molar-refractivity contribution in [2.75, 3.05) is 28.4 Å². The molecule has 8 nitrogen and oxygen atoms in total. The van der Waals surface area contributed by atoms with Crippen LogP contribution in [0.4, 0.5) is 5.69 Å². The van der Waals surface area contributed by atoms with Gasteiger partial charge in [-0.3, -0.25) is 4.99 Å². The average molecular weight is 735 g/mol. The molecule has 56 heavy (non-hydrogen) atoms. The molecule has 3 aromatic heterocycles. The molecule has 8 heteroatoms. The molecule has 0 aliphatic carbocycles. The Balaban J connectivity index is 1.47. The van der Waals surface area contributed by atoms with E-state index in [1.165, 1.54) is 0 Å². The summed E-state index contributed by atoms with van der Waals surface area (Å²) in [5.41, 5.74) is 14.6. The highest BCUT2D eigenvalue weighted by Crippen LogP contribution is 2.42. The van der Waals surface area contributed by atoms with E-state index < -0.39 is 0 Å².